The molecule has 11 nitrogen and oxygen atoms in total. The van der Waals surface area contributed by atoms with Crippen molar-refractivity contribution in [2.45, 2.75) is 98.0 Å². The van der Waals surface area contributed by atoms with Gasteiger partial charge >= 0.3 is 5.97 Å². The molecule has 1 aromatic heterocycles. The third-order valence-corrected chi connectivity index (χ3v) is 9.76. The molecule has 12 heteroatoms. The summed E-state index contributed by atoms with van der Waals surface area (Å²) in [6.45, 7) is 13.4. The van der Waals surface area contributed by atoms with Crippen LogP contribution in [-0.4, -0.2) is 84.1 Å². The largest absolute Gasteiger partial charge is 0.478 e. The second-order valence-electron chi connectivity index (χ2n) is 13.1. The standard InChI is InChI=1S/C36H55N5O6S/c1-11-23(6)31(40-33(43)30(37-8)22(4)5)35(44)41(9)28(21(2)3)19-29(47-10)34-39-27(20-48-34)32(42)38-26(17-24(7)36(45)46)18-25-15-13-12-14-16-25/h12-17,20-23,26,28-31,37H,11,18-19H2,1-10H3,(H,38,42)(H,40,43)(H,45,46)/b24-17+/t23?,26-,28-,29?,30+,31+/m1/s1. The van der Waals surface area contributed by atoms with Gasteiger partial charge in [0.1, 0.15) is 22.8 Å². The SMILES string of the molecule is CCC(C)[C@H](NC(=O)[C@@H](NC)C(C)C)C(=O)N(C)[C@H](CC(OC)c1nc(C(=O)N[C@H](/C=C(\C)C(=O)O)Cc2ccccc2)cs1)C(C)C. The number of carboxylic acids is 1. The van der Waals surface area contributed by atoms with Crippen LogP contribution in [0.25, 0.3) is 0 Å². The minimum absolute atomic E-state index is 0.0522. The lowest BCUT2D eigenvalue weighted by Crippen LogP contribution is -2.57. The summed E-state index contributed by atoms with van der Waals surface area (Å²) in [5, 5.41) is 20.7. The summed E-state index contributed by atoms with van der Waals surface area (Å²) in [4.78, 5) is 58.3. The van der Waals surface area contributed by atoms with Crippen LogP contribution in [0.4, 0.5) is 0 Å². The zero-order valence-corrected chi connectivity index (χ0v) is 30.9. The molecule has 3 amide bonds. The molecule has 0 saturated carbocycles. The van der Waals surface area contributed by atoms with Crippen LogP contribution in [0, 0.1) is 17.8 Å². The number of carboxylic acid groups (broad SMARTS) is 1. The second kappa shape index (κ2) is 19.4. The number of hydrogen-bond acceptors (Lipinski definition) is 8. The van der Waals surface area contributed by atoms with E-state index in [1.165, 1.54) is 24.3 Å². The fourth-order valence-electron chi connectivity index (χ4n) is 5.65. The minimum Gasteiger partial charge on any atom is -0.478 e. The van der Waals surface area contributed by atoms with Gasteiger partial charge in [-0.3, -0.25) is 14.4 Å². The van der Waals surface area contributed by atoms with Crippen LogP contribution >= 0.6 is 11.3 Å². The first-order valence-electron chi connectivity index (χ1n) is 16.6. The molecule has 0 aliphatic heterocycles. The maximum atomic E-state index is 14.0. The average molecular weight is 686 g/mol. The zero-order chi connectivity index (χ0) is 36.1. The highest BCUT2D eigenvalue weighted by Crippen LogP contribution is 2.30. The molecular formula is C36H55N5O6S. The van der Waals surface area contributed by atoms with Crippen LogP contribution in [0.5, 0.6) is 0 Å². The van der Waals surface area contributed by atoms with Crippen molar-refractivity contribution in [3.05, 3.63) is 63.6 Å². The van der Waals surface area contributed by atoms with Crippen molar-refractivity contribution >= 4 is 35.0 Å². The summed E-state index contributed by atoms with van der Waals surface area (Å²) in [5.74, 6) is -1.84. The van der Waals surface area contributed by atoms with Gasteiger partial charge in [0, 0.05) is 37.6 Å². The van der Waals surface area contributed by atoms with Gasteiger partial charge in [0.2, 0.25) is 11.8 Å². The highest BCUT2D eigenvalue weighted by molar-refractivity contribution is 7.09. The van der Waals surface area contributed by atoms with Crippen molar-refractivity contribution in [3.63, 3.8) is 0 Å². The van der Waals surface area contributed by atoms with Gasteiger partial charge in [-0.2, -0.15) is 0 Å². The first-order valence-corrected chi connectivity index (χ1v) is 17.5. The number of rotatable bonds is 19. The average Bonchev–Trinajstić information content (AvgIpc) is 3.54. The molecule has 0 saturated heterocycles. The van der Waals surface area contributed by atoms with Gasteiger partial charge in [0.15, 0.2) is 0 Å². The fraction of sp³-hybridized carbons (Fsp3) is 0.583. The molecule has 0 radical (unpaired) electrons. The van der Waals surface area contributed by atoms with Crippen molar-refractivity contribution in [1.29, 1.82) is 0 Å². The Hall–Kier alpha value is -3.61. The van der Waals surface area contributed by atoms with E-state index in [1.54, 1.807) is 31.5 Å². The normalized spacial score (nSPS) is 15.7. The number of likely N-dealkylation sites (N-methyl/N-ethyl adjacent to an activating group) is 2. The Kier molecular flexibility index (Phi) is 16.4. The number of carbonyl (C=O) groups is 4. The van der Waals surface area contributed by atoms with Crippen LogP contribution in [0.3, 0.4) is 0 Å². The molecule has 1 heterocycles. The number of aromatic nitrogens is 1. The molecule has 2 unspecified atom stereocenters. The molecule has 0 aliphatic rings. The fourth-order valence-corrected chi connectivity index (χ4v) is 6.53. The van der Waals surface area contributed by atoms with Crippen LogP contribution in [-0.2, 0) is 25.5 Å². The Balaban J connectivity index is 2.27. The number of hydrogen-bond donors (Lipinski definition) is 4. The Labute approximate surface area is 289 Å². The summed E-state index contributed by atoms with van der Waals surface area (Å²) in [6.07, 6.45) is 2.59. The van der Waals surface area contributed by atoms with Crippen molar-refractivity contribution < 1.29 is 29.0 Å². The summed E-state index contributed by atoms with van der Waals surface area (Å²) in [6, 6.07) is 7.59. The van der Waals surface area contributed by atoms with Gasteiger partial charge in [0.05, 0.1) is 12.1 Å². The van der Waals surface area contributed by atoms with E-state index in [0.717, 1.165) is 5.56 Å². The second-order valence-corrected chi connectivity index (χ2v) is 14.0. The minimum atomic E-state index is -1.06. The number of nitrogens with zero attached hydrogens (tertiary/aromatic N) is 2. The van der Waals surface area contributed by atoms with E-state index in [1.807, 2.05) is 71.9 Å². The van der Waals surface area contributed by atoms with E-state index >= 15 is 0 Å². The molecule has 6 atom stereocenters. The number of nitrogens with one attached hydrogen (secondary N) is 3. The number of aliphatic carboxylic acids is 1. The molecule has 1 aromatic carbocycles. The Morgan fingerprint density at radius 3 is 2.19 bits per heavy atom. The lowest BCUT2D eigenvalue weighted by molar-refractivity contribution is -0.140. The number of methoxy groups -OCH3 is 1. The van der Waals surface area contributed by atoms with Gasteiger partial charge in [-0.15, -0.1) is 11.3 Å². The van der Waals surface area contributed by atoms with Crippen molar-refractivity contribution in [3.8, 4) is 0 Å². The topological polar surface area (TPSA) is 150 Å². The first kappa shape index (κ1) is 40.6. The Morgan fingerprint density at radius 2 is 1.67 bits per heavy atom. The molecule has 4 N–H and O–H groups in total. The Morgan fingerprint density at radius 1 is 1.02 bits per heavy atom. The zero-order valence-electron chi connectivity index (χ0n) is 30.1. The van der Waals surface area contributed by atoms with Crippen molar-refractivity contribution in [2.75, 3.05) is 21.2 Å². The highest BCUT2D eigenvalue weighted by atomic mass is 32.1. The number of carbonyl (C=O) groups excluding carboxylic acids is 3. The summed E-state index contributed by atoms with van der Waals surface area (Å²) >= 11 is 1.29. The molecule has 0 fully saturated rings. The van der Waals surface area contributed by atoms with Crippen LogP contribution in [0.15, 0.2) is 47.4 Å². The predicted octanol–water partition coefficient (Wildman–Crippen LogP) is 4.85. The van der Waals surface area contributed by atoms with E-state index in [0.29, 0.717) is 24.3 Å². The molecule has 2 rings (SSSR count). The maximum Gasteiger partial charge on any atom is 0.331 e. The number of thiazole rings is 1. The van der Waals surface area contributed by atoms with E-state index < -0.39 is 36.1 Å². The number of ether oxygens (including phenoxy) is 1. The summed E-state index contributed by atoms with van der Waals surface area (Å²) in [7, 11) is 5.08. The molecule has 0 spiro atoms. The van der Waals surface area contributed by atoms with E-state index in [9.17, 15) is 24.3 Å². The maximum absolute atomic E-state index is 14.0. The first-order chi connectivity index (χ1) is 22.6. The number of benzene rings is 1. The van der Waals surface area contributed by atoms with Gasteiger partial charge in [-0.05, 0) is 43.7 Å². The summed E-state index contributed by atoms with van der Waals surface area (Å²) < 4.78 is 5.87. The number of amides is 3. The predicted molar refractivity (Wildman–Crippen MR) is 190 cm³/mol. The highest BCUT2D eigenvalue weighted by Gasteiger charge is 2.36. The quantitative estimate of drug-likeness (QED) is 0.153. The van der Waals surface area contributed by atoms with Crippen molar-refractivity contribution in [1.82, 2.24) is 25.8 Å². The van der Waals surface area contributed by atoms with Gasteiger partial charge in [-0.1, -0.05) is 84.4 Å². The van der Waals surface area contributed by atoms with Crippen LogP contribution < -0.4 is 16.0 Å². The smallest absolute Gasteiger partial charge is 0.331 e. The van der Waals surface area contributed by atoms with E-state index in [2.05, 4.69) is 20.9 Å². The lowest BCUT2D eigenvalue weighted by atomic mass is 9.92. The van der Waals surface area contributed by atoms with Gasteiger partial charge < -0.3 is 30.7 Å². The lowest BCUT2D eigenvalue weighted by Gasteiger charge is -2.37. The Bertz CT molecular complexity index is 1380. The van der Waals surface area contributed by atoms with E-state index in [4.69, 9.17) is 4.74 Å². The van der Waals surface area contributed by atoms with Gasteiger partial charge in [-0.25, -0.2) is 9.78 Å². The summed E-state index contributed by atoms with van der Waals surface area (Å²) in [5.41, 5.74) is 1.28. The van der Waals surface area contributed by atoms with Crippen molar-refractivity contribution in [2.24, 2.45) is 17.8 Å². The van der Waals surface area contributed by atoms with Gasteiger partial charge in [0.25, 0.3) is 5.91 Å². The molecule has 0 bridgehead atoms. The molecule has 0 aliphatic carbocycles. The third-order valence-electron chi connectivity index (χ3n) is 8.83. The molecule has 2 aromatic rings. The molecule has 266 valence electrons. The third kappa shape index (κ3) is 11.5. The molecule has 48 heavy (non-hydrogen) atoms. The van der Waals surface area contributed by atoms with E-state index in [-0.39, 0.29) is 46.9 Å². The molecular weight excluding hydrogens is 630 g/mol. The monoisotopic (exact) mass is 685 g/mol. The van der Waals surface area contributed by atoms with Crippen LogP contribution in [0.1, 0.15) is 88.5 Å². The van der Waals surface area contributed by atoms with Crippen LogP contribution in [0.2, 0.25) is 0 Å².